The van der Waals surface area contributed by atoms with Crippen molar-refractivity contribution in [2.24, 2.45) is 20.5 Å². The van der Waals surface area contributed by atoms with Gasteiger partial charge in [0.25, 0.3) is 10.1 Å². The highest BCUT2D eigenvalue weighted by atomic mass is 32.2. The van der Waals surface area contributed by atoms with Gasteiger partial charge in [0.15, 0.2) is 5.75 Å². The normalized spacial score (nSPS) is 12.4. The predicted octanol–water partition coefficient (Wildman–Crippen LogP) is 4.50. The third-order valence-corrected chi connectivity index (χ3v) is 4.61. The molecule has 0 heterocycles. The maximum atomic E-state index is 11.8. The smallest absolute Gasteiger partial charge is 0.296 e. The summed E-state index contributed by atoms with van der Waals surface area (Å²) in [4.78, 5) is -0.587. The van der Waals surface area contributed by atoms with Crippen LogP contribution in [0.25, 0.3) is 10.8 Å². The van der Waals surface area contributed by atoms with Crippen LogP contribution in [0.2, 0.25) is 0 Å². The molecule has 0 aliphatic heterocycles. The Labute approximate surface area is 154 Å². The van der Waals surface area contributed by atoms with Crippen molar-refractivity contribution in [3.63, 3.8) is 0 Å². The van der Waals surface area contributed by atoms with Crippen LogP contribution >= 0.6 is 0 Å². The van der Waals surface area contributed by atoms with Gasteiger partial charge in [0, 0.05) is 7.05 Å². The van der Waals surface area contributed by atoms with E-state index in [1.165, 1.54) is 19.2 Å². The Bertz CT molecular complexity index is 1180. The summed E-state index contributed by atoms with van der Waals surface area (Å²) in [7, 11) is -3.22. The van der Waals surface area contributed by atoms with Crippen LogP contribution in [-0.2, 0) is 10.1 Å². The fourth-order valence-corrected chi connectivity index (χ4v) is 3.20. The molecule has 10 heteroatoms. The predicted molar refractivity (Wildman–Crippen MR) is 101 cm³/mol. The minimum atomic E-state index is -4.68. The van der Waals surface area contributed by atoms with Gasteiger partial charge in [-0.25, -0.2) is 0 Å². The van der Waals surface area contributed by atoms with Gasteiger partial charge in [-0.15, -0.1) is 5.11 Å². The molecule has 3 rings (SSSR count). The molecule has 0 fully saturated rings. The van der Waals surface area contributed by atoms with Crippen LogP contribution in [0.3, 0.4) is 0 Å². The molecule has 0 unspecified atom stereocenters. The average Bonchev–Trinajstić information content (AvgIpc) is 2.63. The molecule has 3 aromatic carbocycles. The van der Waals surface area contributed by atoms with Crippen LogP contribution in [0.5, 0.6) is 5.75 Å². The fraction of sp³-hybridized carbons (Fsp3) is 0.0588. The first-order valence-corrected chi connectivity index (χ1v) is 9.09. The van der Waals surface area contributed by atoms with Crippen LogP contribution in [-0.4, -0.2) is 25.1 Å². The lowest BCUT2D eigenvalue weighted by Crippen LogP contribution is -2.00. The van der Waals surface area contributed by atoms with Crippen molar-refractivity contribution in [2.45, 2.75) is 4.90 Å². The lowest BCUT2D eigenvalue weighted by Gasteiger charge is -2.11. The zero-order chi connectivity index (χ0) is 19.6. The highest BCUT2D eigenvalue weighted by molar-refractivity contribution is 7.86. The van der Waals surface area contributed by atoms with Gasteiger partial charge < -0.3 is 10.8 Å². The van der Waals surface area contributed by atoms with E-state index in [-0.39, 0.29) is 16.5 Å². The Kier molecular flexibility index (Phi) is 4.84. The number of benzene rings is 3. The van der Waals surface area contributed by atoms with Crippen molar-refractivity contribution in [1.82, 2.24) is 0 Å². The highest BCUT2D eigenvalue weighted by Crippen LogP contribution is 2.45. The third kappa shape index (κ3) is 3.61. The Morgan fingerprint density at radius 3 is 2.33 bits per heavy atom. The van der Waals surface area contributed by atoms with E-state index < -0.39 is 26.5 Å². The molecule has 0 atom stereocenters. The summed E-state index contributed by atoms with van der Waals surface area (Å²) in [5.74, 6) is -0.537. The van der Waals surface area contributed by atoms with Gasteiger partial charge in [0.1, 0.15) is 16.3 Å². The topological polar surface area (TPSA) is 150 Å². The van der Waals surface area contributed by atoms with Gasteiger partial charge in [-0.1, -0.05) is 24.3 Å². The van der Waals surface area contributed by atoms with E-state index in [2.05, 4.69) is 20.5 Å². The molecule has 0 bridgehead atoms. The molecule has 4 N–H and O–H groups in total. The molecular formula is C17H15N5O4S. The number of aromatic hydroxyl groups is 1. The molecule has 0 aliphatic rings. The molecule has 138 valence electrons. The largest absolute Gasteiger partial charge is 0.505 e. The summed E-state index contributed by atoms with van der Waals surface area (Å²) < 4.78 is 33.1. The molecular weight excluding hydrogens is 370 g/mol. The van der Waals surface area contributed by atoms with Gasteiger partial charge >= 0.3 is 0 Å². The second-order valence-corrected chi connectivity index (χ2v) is 6.87. The van der Waals surface area contributed by atoms with Crippen molar-refractivity contribution in [2.75, 3.05) is 12.8 Å². The average molecular weight is 385 g/mol. The van der Waals surface area contributed by atoms with Gasteiger partial charge in [-0.3, -0.25) is 4.55 Å². The molecule has 3 aromatic rings. The summed E-state index contributed by atoms with van der Waals surface area (Å²) in [6, 6.07) is 12.7. The van der Waals surface area contributed by atoms with Crippen molar-refractivity contribution in [3.05, 3.63) is 48.5 Å². The number of nitrogens with two attached hydrogens (primary N) is 1. The van der Waals surface area contributed by atoms with E-state index >= 15 is 0 Å². The van der Waals surface area contributed by atoms with Crippen LogP contribution in [0.1, 0.15) is 0 Å². The summed E-state index contributed by atoms with van der Waals surface area (Å²) >= 11 is 0. The Hall–Kier alpha value is -3.37. The van der Waals surface area contributed by atoms with Crippen LogP contribution in [0, 0.1) is 0 Å². The molecule has 0 aliphatic carbocycles. The van der Waals surface area contributed by atoms with Crippen LogP contribution in [0.15, 0.2) is 73.9 Å². The molecule has 0 saturated carbocycles. The van der Waals surface area contributed by atoms with Gasteiger partial charge in [0.05, 0.1) is 16.8 Å². The third-order valence-electron chi connectivity index (χ3n) is 3.74. The number of nitrogen functional groups attached to an aromatic ring is 1. The molecule has 27 heavy (non-hydrogen) atoms. The van der Waals surface area contributed by atoms with Gasteiger partial charge in [-0.05, 0) is 29.7 Å². The Morgan fingerprint density at radius 1 is 1.00 bits per heavy atom. The zero-order valence-electron chi connectivity index (χ0n) is 14.1. The van der Waals surface area contributed by atoms with Crippen LogP contribution in [0.4, 0.5) is 22.7 Å². The zero-order valence-corrected chi connectivity index (χ0v) is 14.9. The fourth-order valence-electron chi connectivity index (χ4n) is 2.55. The number of rotatable bonds is 4. The molecule has 9 nitrogen and oxygen atoms in total. The molecule has 0 saturated heterocycles. The van der Waals surface area contributed by atoms with E-state index in [4.69, 9.17) is 5.73 Å². The van der Waals surface area contributed by atoms with Crippen molar-refractivity contribution >= 4 is 43.6 Å². The number of hydrogen-bond acceptors (Lipinski definition) is 8. The number of fused-ring (bicyclic) bond motifs is 1. The number of anilines is 1. The highest BCUT2D eigenvalue weighted by Gasteiger charge is 2.23. The number of hydrogen-bond donors (Lipinski definition) is 3. The van der Waals surface area contributed by atoms with Crippen molar-refractivity contribution < 1.29 is 18.1 Å². The monoisotopic (exact) mass is 385 g/mol. The quantitative estimate of drug-likeness (QED) is 0.343. The lowest BCUT2D eigenvalue weighted by molar-refractivity contribution is 0.472. The van der Waals surface area contributed by atoms with Gasteiger partial charge in [0.2, 0.25) is 0 Å². The van der Waals surface area contributed by atoms with E-state index in [0.29, 0.717) is 11.4 Å². The number of azo groups is 2. The second-order valence-electron chi connectivity index (χ2n) is 5.48. The first-order chi connectivity index (χ1) is 12.8. The number of phenolic OH excluding ortho intramolecular Hbond substituents is 1. The molecule has 0 radical (unpaired) electrons. The maximum Gasteiger partial charge on any atom is 0.296 e. The summed E-state index contributed by atoms with van der Waals surface area (Å²) in [6.45, 7) is 0. The lowest BCUT2D eigenvalue weighted by atomic mass is 10.1. The summed E-state index contributed by atoms with van der Waals surface area (Å²) in [5, 5.41) is 26.3. The van der Waals surface area contributed by atoms with Crippen molar-refractivity contribution in [3.8, 4) is 5.75 Å². The van der Waals surface area contributed by atoms with Gasteiger partial charge in [-0.2, -0.15) is 23.8 Å². The SMILES string of the molecule is CN=Nc1ccc2cc(S(=O)(=O)O)c(N=Nc3ccccc3)c(O)c2c1N. The number of nitrogens with zero attached hydrogens (tertiary/aromatic N) is 4. The first kappa shape index (κ1) is 18.4. The maximum absolute atomic E-state index is 11.8. The molecule has 0 aromatic heterocycles. The number of phenols is 1. The molecule has 0 spiro atoms. The summed E-state index contributed by atoms with van der Waals surface area (Å²) in [5.41, 5.74) is 6.44. The van der Waals surface area contributed by atoms with E-state index in [9.17, 15) is 18.1 Å². The summed E-state index contributed by atoms with van der Waals surface area (Å²) in [6.07, 6.45) is 0. The van der Waals surface area contributed by atoms with E-state index in [0.717, 1.165) is 6.07 Å². The standard InChI is InChI=1S/C17H15N5O4S/c1-19-21-12-8-7-10-9-13(27(24,25)26)16(17(23)14(10)15(12)18)22-20-11-5-3-2-4-6-11/h2-9,23H,18H2,1H3,(H,24,25,26). The van der Waals surface area contributed by atoms with E-state index in [1.807, 2.05) is 0 Å². The first-order valence-electron chi connectivity index (χ1n) is 7.65. The molecule has 0 amide bonds. The van der Waals surface area contributed by atoms with Crippen LogP contribution < -0.4 is 5.73 Å². The van der Waals surface area contributed by atoms with Crippen molar-refractivity contribution in [1.29, 1.82) is 0 Å². The minimum absolute atomic E-state index is 0.0913. The van der Waals surface area contributed by atoms with E-state index in [1.54, 1.807) is 30.3 Å². The second kappa shape index (κ2) is 7.09. The Morgan fingerprint density at radius 2 is 1.70 bits per heavy atom. The minimum Gasteiger partial charge on any atom is -0.505 e. The Balaban J connectivity index is 2.33.